The van der Waals surface area contributed by atoms with E-state index in [1.54, 1.807) is 18.2 Å². The number of carbonyl (C=O) groups excluding carboxylic acids is 2. The van der Waals surface area contributed by atoms with E-state index in [4.69, 9.17) is 4.74 Å². The molecular formula is C22H16F4N2O3. The van der Waals surface area contributed by atoms with Crippen LogP contribution in [-0.2, 0) is 11.0 Å². The Hall–Kier alpha value is -3.88. The van der Waals surface area contributed by atoms with Gasteiger partial charge < -0.3 is 15.4 Å². The predicted octanol–water partition coefficient (Wildman–Crippen LogP) is 5.11. The van der Waals surface area contributed by atoms with Gasteiger partial charge in [-0.15, -0.1) is 0 Å². The van der Waals surface area contributed by atoms with Gasteiger partial charge in [0.25, 0.3) is 11.8 Å². The maximum absolute atomic E-state index is 13.6. The number of halogens is 4. The highest BCUT2D eigenvalue weighted by molar-refractivity contribution is 6.06. The van der Waals surface area contributed by atoms with Crippen molar-refractivity contribution >= 4 is 23.2 Å². The molecule has 0 radical (unpaired) electrons. The first-order valence-electron chi connectivity index (χ1n) is 8.99. The largest absolute Gasteiger partial charge is 0.483 e. The number of amides is 2. The molecule has 2 amide bonds. The zero-order chi connectivity index (χ0) is 22.4. The van der Waals surface area contributed by atoms with Crippen LogP contribution in [0.3, 0.4) is 0 Å². The van der Waals surface area contributed by atoms with Crippen LogP contribution < -0.4 is 15.4 Å². The summed E-state index contributed by atoms with van der Waals surface area (Å²) in [7, 11) is 0. The first kappa shape index (κ1) is 21.8. The smallest absolute Gasteiger partial charge is 0.416 e. The molecule has 0 unspecified atom stereocenters. The van der Waals surface area contributed by atoms with E-state index in [0.717, 1.165) is 24.3 Å². The summed E-state index contributed by atoms with van der Waals surface area (Å²) in [4.78, 5) is 24.6. The molecule has 0 aliphatic carbocycles. The standard InChI is InChI=1S/C22H16F4N2O3/c23-17-6-2-3-7-18(17)28-20(29)13-31-19-8-4-1-5-16(19)21(30)27-15-11-9-14(10-12-15)22(24,25)26/h1-12H,13H2,(H,27,30)(H,28,29). The quantitative estimate of drug-likeness (QED) is 0.532. The van der Waals surface area contributed by atoms with Crippen LogP contribution in [0.25, 0.3) is 0 Å². The summed E-state index contributed by atoms with van der Waals surface area (Å²) in [6, 6.07) is 15.6. The van der Waals surface area contributed by atoms with Crippen LogP contribution in [0.15, 0.2) is 72.8 Å². The fraction of sp³-hybridized carbons (Fsp3) is 0.0909. The van der Waals surface area contributed by atoms with Crippen LogP contribution in [-0.4, -0.2) is 18.4 Å². The van der Waals surface area contributed by atoms with Gasteiger partial charge in [-0.05, 0) is 48.5 Å². The molecule has 3 rings (SSSR count). The van der Waals surface area contributed by atoms with E-state index in [2.05, 4.69) is 10.6 Å². The van der Waals surface area contributed by atoms with Gasteiger partial charge >= 0.3 is 6.18 Å². The molecule has 0 aromatic heterocycles. The Kier molecular flexibility index (Phi) is 6.54. The Morgan fingerprint density at radius 3 is 2.16 bits per heavy atom. The first-order valence-corrected chi connectivity index (χ1v) is 8.99. The zero-order valence-corrected chi connectivity index (χ0v) is 15.9. The molecule has 0 atom stereocenters. The van der Waals surface area contributed by atoms with Crippen LogP contribution >= 0.6 is 0 Å². The molecule has 2 N–H and O–H groups in total. The number of rotatable bonds is 6. The van der Waals surface area contributed by atoms with Crippen molar-refractivity contribution in [2.75, 3.05) is 17.2 Å². The van der Waals surface area contributed by atoms with E-state index < -0.39 is 36.0 Å². The van der Waals surface area contributed by atoms with E-state index in [-0.39, 0.29) is 22.7 Å². The molecule has 0 saturated heterocycles. The van der Waals surface area contributed by atoms with Gasteiger partial charge in [0.1, 0.15) is 11.6 Å². The Morgan fingerprint density at radius 1 is 0.839 bits per heavy atom. The number of hydrogen-bond acceptors (Lipinski definition) is 3. The molecule has 0 spiro atoms. The van der Waals surface area contributed by atoms with Crippen LogP contribution in [0, 0.1) is 5.82 Å². The molecule has 0 bridgehead atoms. The van der Waals surface area contributed by atoms with E-state index in [1.807, 2.05) is 0 Å². The van der Waals surface area contributed by atoms with Crippen molar-refractivity contribution in [2.45, 2.75) is 6.18 Å². The topological polar surface area (TPSA) is 67.4 Å². The van der Waals surface area contributed by atoms with Crippen LogP contribution in [0.4, 0.5) is 28.9 Å². The third-order valence-corrected chi connectivity index (χ3v) is 4.11. The second-order valence-corrected chi connectivity index (χ2v) is 6.34. The minimum Gasteiger partial charge on any atom is -0.483 e. The summed E-state index contributed by atoms with van der Waals surface area (Å²) in [6.45, 7) is -0.487. The van der Waals surface area contributed by atoms with Gasteiger partial charge in [-0.2, -0.15) is 13.2 Å². The van der Waals surface area contributed by atoms with Gasteiger partial charge in [0.05, 0.1) is 16.8 Å². The molecule has 9 heteroatoms. The molecule has 3 aromatic rings. The second-order valence-electron chi connectivity index (χ2n) is 6.34. The molecule has 0 aliphatic heterocycles. The fourth-order valence-electron chi connectivity index (χ4n) is 2.61. The number of nitrogens with one attached hydrogen (secondary N) is 2. The highest BCUT2D eigenvalue weighted by atomic mass is 19.4. The third kappa shape index (κ3) is 5.81. The van der Waals surface area contributed by atoms with Crippen molar-refractivity contribution in [1.29, 1.82) is 0 Å². The lowest BCUT2D eigenvalue weighted by molar-refractivity contribution is -0.137. The molecule has 0 fully saturated rings. The normalized spacial score (nSPS) is 11.0. The monoisotopic (exact) mass is 432 g/mol. The second kappa shape index (κ2) is 9.29. The van der Waals surface area contributed by atoms with Crippen LogP contribution in [0.5, 0.6) is 5.75 Å². The predicted molar refractivity (Wildman–Crippen MR) is 106 cm³/mol. The average Bonchev–Trinajstić information content (AvgIpc) is 2.74. The summed E-state index contributed by atoms with van der Waals surface area (Å²) >= 11 is 0. The number of anilines is 2. The van der Waals surface area contributed by atoms with Crippen molar-refractivity contribution < 1.29 is 31.9 Å². The van der Waals surface area contributed by atoms with Gasteiger partial charge in [0.2, 0.25) is 0 Å². The van der Waals surface area contributed by atoms with E-state index in [0.29, 0.717) is 0 Å². The van der Waals surface area contributed by atoms with Crippen molar-refractivity contribution in [1.82, 2.24) is 0 Å². The molecule has 160 valence electrons. The number of alkyl halides is 3. The average molecular weight is 432 g/mol. The SMILES string of the molecule is O=C(COc1ccccc1C(=O)Nc1ccc(C(F)(F)F)cc1)Nc1ccccc1F. The summed E-state index contributed by atoms with van der Waals surface area (Å²) in [5.74, 6) is -1.80. The number of ether oxygens (including phenoxy) is 1. The molecular weight excluding hydrogens is 416 g/mol. The lowest BCUT2D eigenvalue weighted by Crippen LogP contribution is -2.22. The van der Waals surface area contributed by atoms with E-state index in [1.165, 1.54) is 30.3 Å². The third-order valence-electron chi connectivity index (χ3n) is 4.11. The summed E-state index contributed by atoms with van der Waals surface area (Å²) in [5, 5.41) is 4.83. The van der Waals surface area contributed by atoms with Crippen molar-refractivity contribution in [3.05, 3.63) is 89.7 Å². The molecule has 31 heavy (non-hydrogen) atoms. The number of carbonyl (C=O) groups is 2. The minimum atomic E-state index is -4.48. The number of hydrogen-bond donors (Lipinski definition) is 2. The Morgan fingerprint density at radius 2 is 1.48 bits per heavy atom. The number of para-hydroxylation sites is 2. The first-order chi connectivity index (χ1) is 14.7. The molecule has 5 nitrogen and oxygen atoms in total. The molecule has 0 aliphatic rings. The lowest BCUT2D eigenvalue weighted by atomic mass is 10.1. The lowest BCUT2D eigenvalue weighted by Gasteiger charge is -2.13. The maximum Gasteiger partial charge on any atom is 0.416 e. The molecule has 0 heterocycles. The Bertz CT molecular complexity index is 1080. The fourth-order valence-corrected chi connectivity index (χ4v) is 2.61. The molecule has 3 aromatic carbocycles. The summed E-state index contributed by atoms with van der Waals surface area (Å²) in [5.41, 5.74) is -0.620. The Balaban J connectivity index is 1.65. The van der Waals surface area contributed by atoms with Crippen molar-refractivity contribution in [3.8, 4) is 5.75 Å². The van der Waals surface area contributed by atoms with Gasteiger partial charge in [-0.3, -0.25) is 9.59 Å². The van der Waals surface area contributed by atoms with Gasteiger partial charge in [0.15, 0.2) is 6.61 Å². The summed E-state index contributed by atoms with van der Waals surface area (Å²) < 4.78 is 57.0. The zero-order valence-electron chi connectivity index (χ0n) is 15.9. The van der Waals surface area contributed by atoms with Crippen molar-refractivity contribution in [3.63, 3.8) is 0 Å². The van der Waals surface area contributed by atoms with Crippen molar-refractivity contribution in [2.24, 2.45) is 0 Å². The van der Waals surface area contributed by atoms with E-state index in [9.17, 15) is 27.2 Å². The summed E-state index contributed by atoms with van der Waals surface area (Å²) in [6.07, 6.45) is -4.48. The number of benzene rings is 3. The Labute approximate surface area is 174 Å². The van der Waals surface area contributed by atoms with Gasteiger partial charge in [0, 0.05) is 5.69 Å². The van der Waals surface area contributed by atoms with Gasteiger partial charge in [-0.1, -0.05) is 24.3 Å². The highest BCUT2D eigenvalue weighted by Crippen LogP contribution is 2.30. The van der Waals surface area contributed by atoms with Crippen LogP contribution in [0.1, 0.15) is 15.9 Å². The van der Waals surface area contributed by atoms with E-state index >= 15 is 0 Å². The highest BCUT2D eigenvalue weighted by Gasteiger charge is 2.30. The maximum atomic E-state index is 13.6. The van der Waals surface area contributed by atoms with Crippen LogP contribution in [0.2, 0.25) is 0 Å². The van der Waals surface area contributed by atoms with Gasteiger partial charge in [-0.25, -0.2) is 4.39 Å². The molecule has 0 saturated carbocycles. The minimum absolute atomic E-state index is 0.00979.